The monoisotopic (exact) mass is 275 g/mol. The van der Waals surface area contributed by atoms with Crippen LogP contribution in [0, 0.1) is 0 Å². The SMILES string of the molecule is CCNC(c1ccc(SCC)cc1)c1cnn(C)c1. The second kappa shape index (κ2) is 6.78. The van der Waals surface area contributed by atoms with Gasteiger partial charge in [0.2, 0.25) is 0 Å². The first-order chi connectivity index (χ1) is 9.24. The van der Waals surface area contributed by atoms with E-state index in [1.165, 1.54) is 16.0 Å². The van der Waals surface area contributed by atoms with Crippen molar-refractivity contribution in [2.45, 2.75) is 24.8 Å². The van der Waals surface area contributed by atoms with E-state index in [1.807, 2.05) is 29.7 Å². The van der Waals surface area contributed by atoms with Crippen molar-refractivity contribution in [1.29, 1.82) is 0 Å². The van der Waals surface area contributed by atoms with Gasteiger partial charge in [-0.25, -0.2) is 0 Å². The van der Waals surface area contributed by atoms with Crippen molar-refractivity contribution in [3.63, 3.8) is 0 Å². The maximum atomic E-state index is 4.26. The summed E-state index contributed by atoms with van der Waals surface area (Å²) in [6.45, 7) is 5.24. The second-order valence-corrected chi connectivity index (χ2v) is 5.78. The minimum absolute atomic E-state index is 0.222. The van der Waals surface area contributed by atoms with Crippen molar-refractivity contribution < 1.29 is 0 Å². The largest absolute Gasteiger partial charge is 0.306 e. The van der Waals surface area contributed by atoms with Gasteiger partial charge >= 0.3 is 0 Å². The lowest BCUT2D eigenvalue weighted by atomic mass is 10.0. The molecule has 1 aromatic heterocycles. The number of nitrogens with zero attached hydrogens (tertiary/aromatic N) is 2. The maximum absolute atomic E-state index is 4.26. The smallest absolute Gasteiger partial charge is 0.0607 e. The van der Waals surface area contributed by atoms with Crippen molar-refractivity contribution in [3.05, 3.63) is 47.8 Å². The molecular weight excluding hydrogens is 254 g/mol. The van der Waals surface area contributed by atoms with E-state index in [1.54, 1.807) is 0 Å². The lowest BCUT2D eigenvalue weighted by Gasteiger charge is -2.17. The Kier molecular flexibility index (Phi) is 5.05. The first-order valence-corrected chi connectivity index (χ1v) is 7.67. The molecule has 0 amide bonds. The number of thioether (sulfide) groups is 1. The summed E-state index contributed by atoms with van der Waals surface area (Å²) in [6.07, 6.45) is 4.00. The molecule has 1 atom stereocenters. The van der Waals surface area contributed by atoms with E-state index in [9.17, 15) is 0 Å². The summed E-state index contributed by atoms with van der Waals surface area (Å²) in [7, 11) is 1.95. The minimum atomic E-state index is 0.222. The van der Waals surface area contributed by atoms with Gasteiger partial charge < -0.3 is 5.32 Å². The summed E-state index contributed by atoms with van der Waals surface area (Å²) in [5, 5.41) is 7.78. The third-order valence-corrected chi connectivity index (χ3v) is 3.89. The van der Waals surface area contributed by atoms with Gasteiger partial charge in [-0.05, 0) is 30.0 Å². The molecule has 0 spiro atoms. The summed E-state index contributed by atoms with van der Waals surface area (Å²) in [5.74, 6) is 1.11. The van der Waals surface area contributed by atoms with Gasteiger partial charge in [-0.15, -0.1) is 11.8 Å². The zero-order valence-corrected chi connectivity index (χ0v) is 12.6. The van der Waals surface area contributed by atoms with Gasteiger partial charge in [0, 0.05) is 23.7 Å². The van der Waals surface area contributed by atoms with Crippen LogP contribution in [0.25, 0.3) is 0 Å². The lowest BCUT2D eigenvalue weighted by Crippen LogP contribution is -2.21. The molecule has 0 bridgehead atoms. The summed E-state index contributed by atoms with van der Waals surface area (Å²) in [5.41, 5.74) is 2.50. The maximum Gasteiger partial charge on any atom is 0.0607 e. The van der Waals surface area contributed by atoms with E-state index in [4.69, 9.17) is 0 Å². The van der Waals surface area contributed by atoms with E-state index in [0.717, 1.165) is 12.3 Å². The van der Waals surface area contributed by atoms with Crippen LogP contribution in [0.2, 0.25) is 0 Å². The fourth-order valence-corrected chi connectivity index (χ4v) is 2.81. The molecule has 0 aliphatic rings. The van der Waals surface area contributed by atoms with Crippen LogP contribution in [0.1, 0.15) is 31.0 Å². The van der Waals surface area contributed by atoms with Crippen molar-refractivity contribution in [1.82, 2.24) is 15.1 Å². The Morgan fingerprint density at radius 1 is 1.21 bits per heavy atom. The average molecular weight is 275 g/mol. The number of nitrogens with one attached hydrogen (secondary N) is 1. The number of rotatable bonds is 6. The fraction of sp³-hybridized carbons (Fsp3) is 0.400. The molecule has 0 aliphatic heterocycles. The number of benzene rings is 1. The predicted octanol–water partition coefficient (Wildman–Crippen LogP) is 3.23. The van der Waals surface area contributed by atoms with E-state index in [0.29, 0.717) is 0 Å². The van der Waals surface area contributed by atoms with E-state index in [2.05, 4.69) is 54.7 Å². The first-order valence-electron chi connectivity index (χ1n) is 6.69. The van der Waals surface area contributed by atoms with E-state index in [-0.39, 0.29) is 6.04 Å². The molecule has 1 unspecified atom stereocenters. The molecule has 3 nitrogen and oxygen atoms in total. The van der Waals surface area contributed by atoms with Gasteiger partial charge in [0.1, 0.15) is 0 Å². The number of hydrogen-bond acceptors (Lipinski definition) is 3. The fourth-order valence-electron chi connectivity index (χ4n) is 2.14. The van der Waals surface area contributed by atoms with Crippen LogP contribution in [0.5, 0.6) is 0 Å². The molecule has 4 heteroatoms. The molecule has 1 aromatic carbocycles. The van der Waals surface area contributed by atoms with Crippen molar-refractivity contribution in [2.24, 2.45) is 7.05 Å². The summed E-state index contributed by atoms with van der Waals surface area (Å²) in [4.78, 5) is 1.33. The topological polar surface area (TPSA) is 29.9 Å². The second-order valence-electron chi connectivity index (χ2n) is 4.44. The van der Waals surface area contributed by atoms with E-state index < -0.39 is 0 Å². The normalized spacial score (nSPS) is 12.6. The molecule has 19 heavy (non-hydrogen) atoms. The van der Waals surface area contributed by atoms with Crippen LogP contribution in [0.3, 0.4) is 0 Å². The molecule has 2 rings (SSSR count). The van der Waals surface area contributed by atoms with Gasteiger partial charge in [0.15, 0.2) is 0 Å². The van der Waals surface area contributed by atoms with Crippen molar-refractivity contribution in [3.8, 4) is 0 Å². The highest BCUT2D eigenvalue weighted by atomic mass is 32.2. The minimum Gasteiger partial charge on any atom is -0.306 e. The van der Waals surface area contributed by atoms with Gasteiger partial charge in [-0.3, -0.25) is 4.68 Å². The van der Waals surface area contributed by atoms with Crippen LogP contribution in [0.4, 0.5) is 0 Å². The summed E-state index contributed by atoms with van der Waals surface area (Å²) < 4.78 is 1.85. The molecule has 0 saturated carbocycles. The number of aromatic nitrogens is 2. The van der Waals surface area contributed by atoms with Gasteiger partial charge in [0.25, 0.3) is 0 Å². The molecule has 102 valence electrons. The molecule has 0 fully saturated rings. The third kappa shape index (κ3) is 3.61. The molecular formula is C15H21N3S. The third-order valence-electron chi connectivity index (χ3n) is 2.99. The predicted molar refractivity (Wildman–Crippen MR) is 81.6 cm³/mol. The Bertz CT molecular complexity index is 504. The quantitative estimate of drug-likeness (QED) is 0.821. The molecule has 0 radical (unpaired) electrons. The Morgan fingerprint density at radius 2 is 1.95 bits per heavy atom. The molecule has 1 heterocycles. The Morgan fingerprint density at radius 3 is 2.47 bits per heavy atom. The van der Waals surface area contributed by atoms with Crippen LogP contribution in [-0.2, 0) is 7.05 Å². The first kappa shape index (κ1) is 14.2. The summed E-state index contributed by atoms with van der Waals surface area (Å²) >= 11 is 1.87. The number of hydrogen-bond donors (Lipinski definition) is 1. The van der Waals surface area contributed by atoms with Crippen LogP contribution >= 0.6 is 11.8 Å². The van der Waals surface area contributed by atoms with Crippen LogP contribution < -0.4 is 5.32 Å². The summed E-state index contributed by atoms with van der Waals surface area (Å²) in [6, 6.07) is 9.03. The Balaban J connectivity index is 2.23. The zero-order valence-electron chi connectivity index (χ0n) is 11.8. The van der Waals surface area contributed by atoms with E-state index >= 15 is 0 Å². The molecule has 0 aliphatic carbocycles. The highest BCUT2D eigenvalue weighted by Crippen LogP contribution is 2.24. The average Bonchev–Trinajstić information content (AvgIpc) is 2.84. The Labute approximate surface area is 119 Å². The molecule has 1 N–H and O–H groups in total. The highest BCUT2D eigenvalue weighted by molar-refractivity contribution is 7.99. The molecule has 0 saturated heterocycles. The van der Waals surface area contributed by atoms with Crippen molar-refractivity contribution in [2.75, 3.05) is 12.3 Å². The Hall–Kier alpha value is -1.26. The van der Waals surface area contributed by atoms with Gasteiger partial charge in [-0.2, -0.15) is 5.10 Å². The van der Waals surface area contributed by atoms with Crippen molar-refractivity contribution >= 4 is 11.8 Å². The van der Waals surface area contributed by atoms with Gasteiger partial charge in [-0.1, -0.05) is 26.0 Å². The highest BCUT2D eigenvalue weighted by Gasteiger charge is 2.14. The zero-order chi connectivity index (χ0) is 13.7. The molecule has 2 aromatic rings. The van der Waals surface area contributed by atoms with Crippen LogP contribution in [0.15, 0.2) is 41.6 Å². The van der Waals surface area contributed by atoms with Gasteiger partial charge in [0.05, 0.1) is 12.2 Å². The number of aryl methyl sites for hydroxylation is 1. The standard InChI is InChI=1S/C15H21N3S/c1-4-16-15(13-10-17-18(3)11-13)12-6-8-14(9-7-12)19-5-2/h6-11,15-16H,4-5H2,1-3H3. The van der Waals surface area contributed by atoms with Crippen LogP contribution in [-0.4, -0.2) is 22.1 Å². The lowest BCUT2D eigenvalue weighted by molar-refractivity contribution is 0.629.